The van der Waals surface area contributed by atoms with Crippen LogP contribution in [-0.4, -0.2) is 34.4 Å². The Balaban J connectivity index is 1.76. The van der Waals surface area contributed by atoms with Gasteiger partial charge >= 0.3 is 5.97 Å². The Labute approximate surface area is 129 Å². The molecule has 1 amide bonds. The second-order valence-corrected chi connectivity index (χ2v) is 6.23. The second-order valence-electron chi connectivity index (χ2n) is 4.18. The highest BCUT2D eigenvalue weighted by Crippen LogP contribution is 2.26. The fraction of sp³-hybridized carbons (Fsp3) is 0.308. The largest absolute Gasteiger partial charge is 0.480 e. The van der Waals surface area contributed by atoms with E-state index in [-0.39, 0.29) is 0 Å². The van der Waals surface area contributed by atoms with E-state index in [1.807, 2.05) is 23.6 Å². The summed E-state index contributed by atoms with van der Waals surface area (Å²) in [5, 5.41) is 17.1. The van der Waals surface area contributed by atoms with Gasteiger partial charge in [0, 0.05) is 11.8 Å². The maximum absolute atomic E-state index is 10.8. The number of amides is 1. The standard InChI is InChI=1S/C13H14N2O4S2/c16-8-14-10(13(17)18)3-5-20-7-9-6-11(19-15-9)12-2-1-4-21-12/h1-2,4,6,8,10H,3,5,7H2,(H,14,16)(H,17,18). The van der Waals surface area contributed by atoms with Gasteiger partial charge in [-0.25, -0.2) is 4.79 Å². The van der Waals surface area contributed by atoms with Crippen molar-refractivity contribution in [2.24, 2.45) is 0 Å². The second kappa shape index (κ2) is 7.84. The van der Waals surface area contributed by atoms with Crippen LogP contribution in [0.1, 0.15) is 12.1 Å². The van der Waals surface area contributed by atoms with E-state index < -0.39 is 12.0 Å². The number of carboxylic acid groups (broad SMARTS) is 1. The molecule has 0 aromatic carbocycles. The Morgan fingerprint density at radius 3 is 3.14 bits per heavy atom. The molecular formula is C13H14N2O4S2. The molecule has 0 fully saturated rings. The minimum atomic E-state index is -1.02. The number of carboxylic acids is 1. The fourth-order valence-electron chi connectivity index (χ4n) is 1.65. The quantitative estimate of drug-likeness (QED) is 0.542. The molecule has 0 bridgehead atoms. The first kappa shape index (κ1) is 15.6. The number of nitrogens with one attached hydrogen (secondary N) is 1. The highest BCUT2D eigenvalue weighted by atomic mass is 32.2. The van der Waals surface area contributed by atoms with E-state index in [1.165, 1.54) is 0 Å². The molecule has 2 aromatic rings. The van der Waals surface area contributed by atoms with Crippen molar-refractivity contribution in [2.75, 3.05) is 5.75 Å². The molecule has 1 atom stereocenters. The first-order chi connectivity index (χ1) is 10.2. The van der Waals surface area contributed by atoms with Gasteiger partial charge < -0.3 is 14.9 Å². The van der Waals surface area contributed by atoms with Gasteiger partial charge in [-0.15, -0.1) is 11.3 Å². The summed E-state index contributed by atoms with van der Waals surface area (Å²) in [5.41, 5.74) is 0.818. The average Bonchev–Trinajstić information content (AvgIpc) is 3.12. The van der Waals surface area contributed by atoms with E-state index in [0.717, 1.165) is 16.3 Å². The summed E-state index contributed by atoms with van der Waals surface area (Å²) < 4.78 is 5.26. The lowest BCUT2D eigenvalue weighted by Crippen LogP contribution is -2.36. The minimum absolute atomic E-state index is 0.369. The summed E-state index contributed by atoms with van der Waals surface area (Å²) in [4.78, 5) is 22.1. The first-order valence-corrected chi connectivity index (χ1v) is 8.24. The first-order valence-electron chi connectivity index (χ1n) is 6.20. The summed E-state index contributed by atoms with van der Waals surface area (Å²) in [7, 11) is 0. The van der Waals surface area contributed by atoms with Gasteiger partial charge in [-0.1, -0.05) is 11.2 Å². The molecule has 6 nitrogen and oxygen atoms in total. The van der Waals surface area contributed by atoms with Gasteiger partial charge in [0.1, 0.15) is 6.04 Å². The van der Waals surface area contributed by atoms with Crippen LogP contribution in [0, 0.1) is 0 Å². The molecule has 0 spiro atoms. The number of hydrogen-bond donors (Lipinski definition) is 2. The van der Waals surface area contributed by atoms with E-state index in [2.05, 4.69) is 10.5 Å². The van der Waals surface area contributed by atoms with Gasteiger partial charge in [-0.05, 0) is 23.6 Å². The molecule has 0 aliphatic rings. The lowest BCUT2D eigenvalue weighted by Gasteiger charge is -2.09. The molecule has 8 heteroatoms. The Morgan fingerprint density at radius 2 is 2.48 bits per heavy atom. The number of aromatic nitrogens is 1. The molecule has 2 heterocycles. The van der Waals surface area contributed by atoms with Crippen molar-refractivity contribution in [3.05, 3.63) is 29.3 Å². The Morgan fingerprint density at radius 1 is 1.62 bits per heavy atom. The maximum atomic E-state index is 10.8. The summed E-state index contributed by atoms with van der Waals surface area (Å²) >= 11 is 3.13. The van der Waals surface area contributed by atoms with E-state index in [0.29, 0.717) is 24.3 Å². The molecule has 112 valence electrons. The van der Waals surface area contributed by atoms with Crippen molar-refractivity contribution < 1.29 is 19.2 Å². The van der Waals surface area contributed by atoms with E-state index in [9.17, 15) is 9.59 Å². The van der Waals surface area contributed by atoms with E-state index in [1.54, 1.807) is 23.1 Å². The monoisotopic (exact) mass is 326 g/mol. The summed E-state index contributed by atoms with van der Waals surface area (Å²) in [5.74, 6) is 0.970. The zero-order chi connectivity index (χ0) is 15.1. The molecule has 0 radical (unpaired) electrons. The zero-order valence-corrected chi connectivity index (χ0v) is 12.7. The van der Waals surface area contributed by atoms with Crippen LogP contribution in [0.5, 0.6) is 0 Å². The molecule has 1 unspecified atom stereocenters. The predicted octanol–water partition coefficient (Wildman–Crippen LogP) is 2.23. The third-order valence-electron chi connectivity index (χ3n) is 2.69. The number of nitrogens with zero attached hydrogens (tertiary/aromatic N) is 1. The fourth-order valence-corrected chi connectivity index (χ4v) is 3.22. The lowest BCUT2D eigenvalue weighted by molar-refractivity contribution is -0.140. The average molecular weight is 326 g/mol. The third-order valence-corrected chi connectivity index (χ3v) is 4.60. The SMILES string of the molecule is O=CNC(CCSCc1cc(-c2cccs2)on1)C(=O)O. The number of carbonyl (C=O) groups is 2. The third kappa shape index (κ3) is 4.61. The van der Waals surface area contributed by atoms with Crippen LogP contribution in [-0.2, 0) is 15.3 Å². The molecular weight excluding hydrogens is 312 g/mol. The van der Waals surface area contributed by atoms with Gasteiger partial charge in [0.05, 0.1) is 10.6 Å². The van der Waals surface area contributed by atoms with Crippen molar-refractivity contribution in [3.8, 4) is 10.6 Å². The molecule has 2 N–H and O–H groups in total. The van der Waals surface area contributed by atoms with Crippen LogP contribution in [0.3, 0.4) is 0 Å². The Hall–Kier alpha value is -1.80. The number of rotatable bonds is 9. The molecule has 0 aliphatic heterocycles. The van der Waals surface area contributed by atoms with Crippen molar-refractivity contribution in [1.82, 2.24) is 10.5 Å². The lowest BCUT2D eigenvalue weighted by atomic mass is 10.2. The van der Waals surface area contributed by atoms with Gasteiger partial charge in [-0.3, -0.25) is 4.79 Å². The van der Waals surface area contributed by atoms with Crippen LogP contribution in [0.25, 0.3) is 10.6 Å². The number of hydrogen-bond acceptors (Lipinski definition) is 6. The number of carbonyl (C=O) groups excluding carboxylic acids is 1. The Kier molecular flexibility index (Phi) is 5.82. The summed E-state index contributed by atoms with van der Waals surface area (Å²) in [6.45, 7) is 0. The predicted molar refractivity (Wildman–Crippen MR) is 81.2 cm³/mol. The zero-order valence-electron chi connectivity index (χ0n) is 11.0. The normalized spacial score (nSPS) is 12.0. The number of thioether (sulfide) groups is 1. The summed E-state index contributed by atoms with van der Waals surface area (Å²) in [6, 6.07) is 4.96. The number of aliphatic carboxylic acids is 1. The van der Waals surface area contributed by atoms with Crippen molar-refractivity contribution >= 4 is 35.5 Å². The van der Waals surface area contributed by atoms with Gasteiger partial charge in [0.25, 0.3) is 0 Å². The maximum Gasteiger partial charge on any atom is 0.326 e. The van der Waals surface area contributed by atoms with E-state index >= 15 is 0 Å². The highest BCUT2D eigenvalue weighted by molar-refractivity contribution is 7.98. The number of thiophene rings is 1. The van der Waals surface area contributed by atoms with Gasteiger partial charge in [0.2, 0.25) is 6.41 Å². The topological polar surface area (TPSA) is 92.4 Å². The van der Waals surface area contributed by atoms with Crippen molar-refractivity contribution in [2.45, 2.75) is 18.2 Å². The molecule has 2 rings (SSSR count). The van der Waals surface area contributed by atoms with Crippen molar-refractivity contribution in [3.63, 3.8) is 0 Å². The molecule has 21 heavy (non-hydrogen) atoms. The van der Waals surface area contributed by atoms with Gasteiger partial charge in [0.15, 0.2) is 5.76 Å². The van der Waals surface area contributed by atoms with Crippen LogP contribution >= 0.6 is 23.1 Å². The van der Waals surface area contributed by atoms with Crippen LogP contribution in [0.15, 0.2) is 28.1 Å². The van der Waals surface area contributed by atoms with Crippen LogP contribution < -0.4 is 5.32 Å². The van der Waals surface area contributed by atoms with Crippen LogP contribution in [0.2, 0.25) is 0 Å². The smallest absolute Gasteiger partial charge is 0.326 e. The minimum Gasteiger partial charge on any atom is -0.480 e. The molecule has 0 aliphatic carbocycles. The Bertz CT molecular complexity index is 583. The van der Waals surface area contributed by atoms with E-state index in [4.69, 9.17) is 9.63 Å². The highest BCUT2D eigenvalue weighted by Gasteiger charge is 2.15. The van der Waals surface area contributed by atoms with Gasteiger partial charge in [-0.2, -0.15) is 11.8 Å². The molecule has 2 aromatic heterocycles. The molecule has 0 saturated carbocycles. The molecule has 0 saturated heterocycles. The van der Waals surface area contributed by atoms with Crippen molar-refractivity contribution in [1.29, 1.82) is 0 Å². The van der Waals surface area contributed by atoms with Crippen LogP contribution in [0.4, 0.5) is 0 Å². The summed E-state index contributed by atoms with van der Waals surface area (Å²) in [6.07, 6.45) is 0.781.